The Hall–Kier alpha value is -2.73. The van der Waals surface area contributed by atoms with Gasteiger partial charge in [-0.05, 0) is 43.7 Å². The summed E-state index contributed by atoms with van der Waals surface area (Å²) in [6.07, 6.45) is 2.47. The predicted octanol–water partition coefficient (Wildman–Crippen LogP) is 3.74. The quantitative estimate of drug-likeness (QED) is 0.783. The average Bonchev–Trinajstić information content (AvgIpc) is 2.74. The van der Waals surface area contributed by atoms with Gasteiger partial charge in [0.15, 0.2) is 0 Å². The number of ether oxygens (including phenoxy) is 3. The van der Waals surface area contributed by atoms with E-state index in [1.807, 2.05) is 47.4 Å². The minimum Gasteiger partial charge on any atom is -0.497 e. The molecule has 3 rings (SSSR count). The van der Waals surface area contributed by atoms with Crippen molar-refractivity contribution >= 4 is 5.97 Å². The molecular weight excluding hydrogens is 358 g/mol. The third-order valence-electron chi connectivity index (χ3n) is 5.33. The molecule has 0 bridgehead atoms. The van der Waals surface area contributed by atoms with Crippen LogP contribution in [0, 0.1) is 0 Å². The topological polar surface area (TPSA) is 68.2 Å². The zero-order valence-corrected chi connectivity index (χ0v) is 16.6. The number of hydrogen-bond acceptors (Lipinski definition) is 5. The molecule has 150 valence electrons. The molecule has 0 amide bonds. The van der Waals surface area contributed by atoms with E-state index in [0.29, 0.717) is 30.2 Å². The van der Waals surface area contributed by atoms with Crippen molar-refractivity contribution in [2.45, 2.75) is 31.3 Å². The van der Waals surface area contributed by atoms with Crippen LogP contribution in [0.3, 0.4) is 0 Å². The number of piperidine rings is 1. The molecule has 28 heavy (non-hydrogen) atoms. The van der Waals surface area contributed by atoms with Crippen molar-refractivity contribution in [3.8, 4) is 17.2 Å². The zero-order valence-electron chi connectivity index (χ0n) is 16.6. The van der Waals surface area contributed by atoms with Crippen molar-refractivity contribution in [1.82, 2.24) is 4.90 Å². The maximum absolute atomic E-state index is 12.0. The highest BCUT2D eigenvalue weighted by atomic mass is 16.5. The number of carbonyl (C=O) groups is 1. The fourth-order valence-corrected chi connectivity index (χ4v) is 4.00. The first-order chi connectivity index (χ1) is 13.6. The van der Waals surface area contributed by atoms with Gasteiger partial charge in [0.05, 0.1) is 27.4 Å². The van der Waals surface area contributed by atoms with Gasteiger partial charge in [0.2, 0.25) is 0 Å². The number of carboxylic acid groups (broad SMARTS) is 1. The van der Waals surface area contributed by atoms with Crippen LogP contribution in [0.4, 0.5) is 0 Å². The lowest BCUT2D eigenvalue weighted by atomic mass is 9.90. The van der Waals surface area contributed by atoms with E-state index in [4.69, 9.17) is 14.2 Å². The lowest BCUT2D eigenvalue weighted by Gasteiger charge is -2.40. The van der Waals surface area contributed by atoms with E-state index >= 15 is 0 Å². The van der Waals surface area contributed by atoms with Gasteiger partial charge in [-0.2, -0.15) is 0 Å². The molecule has 0 aromatic heterocycles. The van der Waals surface area contributed by atoms with Crippen LogP contribution in [0.15, 0.2) is 42.5 Å². The smallest absolute Gasteiger partial charge is 0.320 e. The zero-order chi connectivity index (χ0) is 20.1. The molecule has 6 heteroatoms. The summed E-state index contributed by atoms with van der Waals surface area (Å²) < 4.78 is 16.7. The van der Waals surface area contributed by atoms with Gasteiger partial charge in [-0.15, -0.1) is 0 Å². The average molecular weight is 385 g/mol. The Labute approximate surface area is 165 Å². The van der Waals surface area contributed by atoms with Crippen molar-refractivity contribution < 1.29 is 24.1 Å². The molecule has 1 N–H and O–H groups in total. The molecule has 1 aliphatic rings. The number of methoxy groups -OCH3 is 3. The van der Waals surface area contributed by atoms with E-state index < -0.39 is 12.0 Å². The maximum atomic E-state index is 12.0. The largest absolute Gasteiger partial charge is 0.497 e. The molecule has 2 aromatic carbocycles. The van der Waals surface area contributed by atoms with Crippen LogP contribution in [-0.4, -0.2) is 49.9 Å². The van der Waals surface area contributed by atoms with Crippen LogP contribution in [0.1, 0.15) is 36.4 Å². The van der Waals surface area contributed by atoms with E-state index in [-0.39, 0.29) is 6.04 Å². The first-order valence-corrected chi connectivity index (χ1v) is 9.44. The highest BCUT2D eigenvalue weighted by Gasteiger charge is 2.37. The summed E-state index contributed by atoms with van der Waals surface area (Å²) in [5, 5.41) is 9.88. The van der Waals surface area contributed by atoms with Gasteiger partial charge in [-0.3, -0.25) is 9.69 Å². The number of nitrogens with zero attached hydrogens (tertiary/aromatic N) is 1. The second kappa shape index (κ2) is 8.97. The minimum atomic E-state index is -0.804. The molecular formula is C22H27NO5. The number of likely N-dealkylation sites (tertiary alicyclic amines) is 1. The standard InChI is InChI=1S/C22H27NO5/c1-26-15-11-12-20(28-3)17(14-15)21(16-8-4-5-10-19(16)27-2)23-13-7-6-9-18(23)22(24)25/h4-5,8,10-12,14,18,21H,6-7,9,13H2,1-3H3,(H,24,25). The Balaban J connectivity index is 2.22. The molecule has 1 heterocycles. The van der Waals surface area contributed by atoms with Gasteiger partial charge in [0.25, 0.3) is 0 Å². The Bertz CT molecular complexity index is 822. The summed E-state index contributed by atoms with van der Waals surface area (Å²) in [4.78, 5) is 14.1. The lowest BCUT2D eigenvalue weighted by molar-refractivity contribution is -0.145. The van der Waals surface area contributed by atoms with Crippen LogP contribution < -0.4 is 14.2 Å². The molecule has 1 saturated heterocycles. The van der Waals surface area contributed by atoms with Gasteiger partial charge < -0.3 is 19.3 Å². The Morgan fingerprint density at radius 3 is 2.39 bits per heavy atom. The van der Waals surface area contributed by atoms with Crippen molar-refractivity contribution in [2.24, 2.45) is 0 Å². The number of benzene rings is 2. The summed E-state index contributed by atoms with van der Waals surface area (Å²) in [6.45, 7) is 0.681. The van der Waals surface area contributed by atoms with Gasteiger partial charge in [-0.1, -0.05) is 24.6 Å². The summed E-state index contributed by atoms with van der Waals surface area (Å²) in [5.74, 6) is 1.29. The van der Waals surface area contributed by atoms with E-state index in [1.165, 1.54) is 0 Å². The van der Waals surface area contributed by atoms with Crippen molar-refractivity contribution in [3.63, 3.8) is 0 Å². The van der Waals surface area contributed by atoms with Crippen LogP contribution in [0.25, 0.3) is 0 Å². The fraction of sp³-hybridized carbons (Fsp3) is 0.409. The van der Waals surface area contributed by atoms with Crippen LogP contribution in [0.2, 0.25) is 0 Å². The number of rotatable bonds is 7. The number of carboxylic acids is 1. The molecule has 0 radical (unpaired) electrons. The second-order valence-electron chi connectivity index (χ2n) is 6.84. The van der Waals surface area contributed by atoms with Gasteiger partial charge in [0.1, 0.15) is 23.3 Å². The second-order valence-corrected chi connectivity index (χ2v) is 6.84. The predicted molar refractivity (Wildman–Crippen MR) is 106 cm³/mol. The van der Waals surface area contributed by atoms with Crippen molar-refractivity contribution in [3.05, 3.63) is 53.6 Å². The highest BCUT2D eigenvalue weighted by Crippen LogP contribution is 2.42. The molecule has 0 spiro atoms. The van der Waals surface area contributed by atoms with Gasteiger partial charge >= 0.3 is 5.97 Å². The van der Waals surface area contributed by atoms with Gasteiger partial charge in [0, 0.05) is 11.1 Å². The third kappa shape index (κ3) is 3.92. The summed E-state index contributed by atoms with van der Waals surface area (Å²) in [5.41, 5.74) is 1.77. The number of aliphatic carboxylic acids is 1. The monoisotopic (exact) mass is 385 g/mol. The summed E-state index contributed by atoms with van der Waals surface area (Å²) >= 11 is 0. The van der Waals surface area contributed by atoms with E-state index in [9.17, 15) is 9.90 Å². The molecule has 6 nitrogen and oxygen atoms in total. The minimum absolute atomic E-state index is 0.331. The molecule has 2 unspecified atom stereocenters. The molecule has 2 aromatic rings. The Morgan fingerprint density at radius 1 is 1.00 bits per heavy atom. The Kier molecular flexibility index (Phi) is 6.41. The van der Waals surface area contributed by atoms with Crippen molar-refractivity contribution in [1.29, 1.82) is 0 Å². The van der Waals surface area contributed by atoms with Crippen LogP contribution >= 0.6 is 0 Å². The lowest BCUT2D eigenvalue weighted by Crippen LogP contribution is -2.47. The van der Waals surface area contributed by atoms with E-state index in [2.05, 4.69) is 0 Å². The molecule has 1 fully saturated rings. The molecule has 0 saturated carbocycles. The summed E-state index contributed by atoms with van der Waals surface area (Å²) in [6, 6.07) is 12.4. The molecule has 1 aliphatic heterocycles. The number of hydrogen-bond donors (Lipinski definition) is 1. The van der Waals surface area contributed by atoms with Crippen LogP contribution in [0.5, 0.6) is 17.2 Å². The van der Waals surface area contributed by atoms with Crippen LogP contribution in [-0.2, 0) is 4.79 Å². The van der Waals surface area contributed by atoms with E-state index in [1.54, 1.807) is 21.3 Å². The highest BCUT2D eigenvalue weighted by molar-refractivity contribution is 5.74. The first kappa shape index (κ1) is 20.0. The van der Waals surface area contributed by atoms with Gasteiger partial charge in [-0.25, -0.2) is 0 Å². The molecule has 2 atom stereocenters. The third-order valence-corrected chi connectivity index (χ3v) is 5.33. The first-order valence-electron chi connectivity index (χ1n) is 9.44. The maximum Gasteiger partial charge on any atom is 0.320 e. The van der Waals surface area contributed by atoms with Crippen molar-refractivity contribution in [2.75, 3.05) is 27.9 Å². The fourth-order valence-electron chi connectivity index (χ4n) is 4.00. The summed E-state index contributed by atoms with van der Waals surface area (Å²) in [7, 11) is 4.86. The Morgan fingerprint density at radius 2 is 1.71 bits per heavy atom. The molecule has 0 aliphatic carbocycles. The normalized spacial score (nSPS) is 18.3. The SMILES string of the molecule is COc1ccc(OC)c(C(c2ccccc2OC)N2CCCCC2C(=O)O)c1. The number of para-hydroxylation sites is 1. The van der Waals surface area contributed by atoms with E-state index in [0.717, 1.165) is 24.0 Å².